The Morgan fingerprint density at radius 3 is 2.42 bits per heavy atom. The molecule has 2 rings (SSSR count). The second kappa shape index (κ2) is 11.1. The van der Waals surface area contributed by atoms with Crippen molar-refractivity contribution in [2.24, 2.45) is 4.99 Å². The van der Waals surface area contributed by atoms with E-state index in [1.54, 1.807) is 12.1 Å². The fourth-order valence-electron chi connectivity index (χ4n) is 2.74. The Morgan fingerprint density at radius 2 is 1.73 bits per heavy atom. The van der Waals surface area contributed by atoms with Crippen LogP contribution < -0.4 is 16.0 Å². The average Bonchev–Trinajstić information content (AvgIpc) is 3.21. The first-order chi connectivity index (χ1) is 12.7. The Kier molecular flexibility index (Phi) is 8.45. The third kappa shape index (κ3) is 6.74. The first-order valence-corrected chi connectivity index (χ1v) is 9.34. The first kappa shape index (κ1) is 19.8. The molecule has 1 saturated heterocycles. The molecule has 0 radical (unpaired) electrons. The van der Waals surface area contributed by atoms with Gasteiger partial charge in [0.15, 0.2) is 5.96 Å². The van der Waals surface area contributed by atoms with Gasteiger partial charge in [-0.1, -0.05) is 18.2 Å². The molecule has 0 bridgehead atoms. The lowest BCUT2D eigenvalue weighted by molar-refractivity contribution is -0.128. The molecular formula is C19H29N5O2. The van der Waals surface area contributed by atoms with E-state index in [0.29, 0.717) is 24.6 Å². The summed E-state index contributed by atoms with van der Waals surface area (Å²) in [6.45, 7) is 5.82. The minimum Gasteiger partial charge on any atom is -0.357 e. The van der Waals surface area contributed by atoms with Gasteiger partial charge in [-0.3, -0.25) is 9.59 Å². The second-order valence-electron chi connectivity index (χ2n) is 6.19. The second-order valence-corrected chi connectivity index (χ2v) is 6.19. The highest BCUT2D eigenvalue weighted by Gasteiger charge is 2.17. The monoisotopic (exact) mass is 359 g/mol. The van der Waals surface area contributed by atoms with Gasteiger partial charge in [-0.05, 0) is 38.3 Å². The highest BCUT2D eigenvalue weighted by molar-refractivity contribution is 5.94. The molecule has 7 heteroatoms. The van der Waals surface area contributed by atoms with Crippen LogP contribution in [0.4, 0.5) is 0 Å². The van der Waals surface area contributed by atoms with Crippen LogP contribution in [0.1, 0.15) is 36.5 Å². The van der Waals surface area contributed by atoms with E-state index in [1.807, 2.05) is 30.0 Å². The van der Waals surface area contributed by atoms with Crippen molar-refractivity contribution in [2.75, 3.05) is 39.3 Å². The largest absolute Gasteiger partial charge is 0.357 e. The number of hydrogen-bond acceptors (Lipinski definition) is 3. The lowest BCUT2D eigenvalue weighted by Gasteiger charge is -2.15. The lowest BCUT2D eigenvalue weighted by atomic mass is 10.2. The number of carbonyl (C=O) groups is 2. The van der Waals surface area contributed by atoms with Gasteiger partial charge >= 0.3 is 0 Å². The van der Waals surface area contributed by atoms with Gasteiger partial charge in [0.1, 0.15) is 6.54 Å². The third-order valence-electron chi connectivity index (χ3n) is 4.14. The van der Waals surface area contributed by atoms with Crippen molar-refractivity contribution < 1.29 is 9.59 Å². The van der Waals surface area contributed by atoms with E-state index in [4.69, 9.17) is 0 Å². The van der Waals surface area contributed by atoms with Gasteiger partial charge < -0.3 is 20.9 Å². The Morgan fingerprint density at radius 1 is 1.04 bits per heavy atom. The molecule has 0 aromatic heterocycles. The number of nitrogens with zero attached hydrogens (tertiary/aromatic N) is 2. The zero-order valence-corrected chi connectivity index (χ0v) is 15.5. The Labute approximate surface area is 155 Å². The molecule has 0 unspecified atom stereocenters. The van der Waals surface area contributed by atoms with Crippen LogP contribution in [0, 0.1) is 0 Å². The number of nitrogens with one attached hydrogen (secondary N) is 3. The van der Waals surface area contributed by atoms with E-state index in [9.17, 15) is 9.59 Å². The van der Waals surface area contributed by atoms with Crippen LogP contribution in [0.3, 0.4) is 0 Å². The van der Waals surface area contributed by atoms with Gasteiger partial charge in [-0.2, -0.15) is 0 Å². The number of amides is 2. The zero-order chi connectivity index (χ0) is 18.6. The SMILES string of the molecule is CCNC(=NCC(=O)N1CCCC1)NCCCNC(=O)c1ccccc1. The van der Waals surface area contributed by atoms with Crippen molar-refractivity contribution in [3.05, 3.63) is 35.9 Å². The molecule has 1 aromatic carbocycles. The standard InChI is InChI=1S/C19H29N5O2/c1-2-20-19(23-15-17(25)24-13-6-7-14-24)22-12-8-11-21-18(26)16-9-4-3-5-10-16/h3-5,9-10H,2,6-8,11-15H2,1H3,(H,21,26)(H2,20,22,23). The molecule has 1 aliphatic rings. The van der Waals surface area contributed by atoms with E-state index >= 15 is 0 Å². The molecule has 1 heterocycles. The highest BCUT2D eigenvalue weighted by Crippen LogP contribution is 2.07. The summed E-state index contributed by atoms with van der Waals surface area (Å²) in [5.41, 5.74) is 0.663. The Balaban J connectivity index is 1.66. The van der Waals surface area contributed by atoms with Gasteiger partial charge in [0.05, 0.1) is 0 Å². The Bertz CT molecular complexity index is 597. The maximum Gasteiger partial charge on any atom is 0.251 e. The van der Waals surface area contributed by atoms with Gasteiger partial charge in [-0.15, -0.1) is 0 Å². The summed E-state index contributed by atoms with van der Waals surface area (Å²) < 4.78 is 0. The topological polar surface area (TPSA) is 85.8 Å². The van der Waals surface area contributed by atoms with Crippen LogP contribution >= 0.6 is 0 Å². The molecule has 0 atom stereocenters. The van der Waals surface area contributed by atoms with Crippen molar-refractivity contribution in [1.82, 2.24) is 20.9 Å². The minimum absolute atomic E-state index is 0.0672. The fourth-order valence-corrected chi connectivity index (χ4v) is 2.74. The molecule has 1 aliphatic heterocycles. The van der Waals surface area contributed by atoms with E-state index in [0.717, 1.165) is 38.9 Å². The van der Waals surface area contributed by atoms with Gasteiger partial charge in [-0.25, -0.2) is 4.99 Å². The Hall–Kier alpha value is -2.57. The molecule has 2 amide bonds. The molecular weight excluding hydrogens is 330 g/mol. The predicted molar refractivity (Wildman–Crippen MR) is 103 cm³/mol. The molecule has 1 fully saturated rings. The smallest absolute Gasteiger partial charge is 0.251 e. The predicted octanol–water partition coefficient (Wildman–Crippen LogP) is 0.984. The summed E-state index contributed by atoms with van der Waals surface area (Å²) >= 11 is 0. The number of benzene rings is 1. The van der Waals surface area contributed by atoms with Crippen LogP contribution in [0.25, 0.3) is 0 Å². The summed E-state index contributed by atoms with van der Waals surface area (Å²) in [5.74, 6) is 0.645. The van der Waals surface area contributed by atoms with Gasteiger partial charge in [0.2, 0.25) is 5.91 Å². The first-order valence-electron chi connectivity index (χ1n) is 9.34. The zero-order valence-electron chi connectivity index (χ0n) is 15.5. The molecule has 0 aliphatic carbocycles. The highest BCUT2D eigenvalue weighted by atomic mass is 16.2. The van der Waals surface area contributed by atoms with Crippen molar-refractivity contribution >= 4 is 17.8 Å². The van der Waals surface area contributed by atoms with Crippen molar-refractivity contribution in [1.29, 1.82) is 0 Å². The van der Waals surface area contributed by atoms with Gasteiger partial charge in [0, 0.05) is 38.3 Å². The van der Waals surface area contributed by atoms with Crippen LogP contribution in [0.2, 0.25) is 0 Å². The maximum atomic E-state index is 12.1. The number of likely N-dealkylation sites (tertiary alicyclic amines) is 1. The summed E-state index contributed by atoms with van der Waals surface area (Å²) in [4.78, 5) is 30.2. The maximum absolute atomic E-state index is 12.1. The summed E-state index contributed by atoms with van der Waals surface area (Å²) in [5, 5.41) is 9.22. The van der Waals surface area contributed by atoms with Crippen LogP contribution in [-0.4, -0.2) is 61.9 Å². The summed E-state index contributed by atoms with van der Waals surface area (Å²) in [6.07, 6.45) is 2.94. The van der Waals surface area contributed by atoms with E-state index in [1.165, 1.54) is 0 Å². The molecule has 26 heavy (non-hydrogen) atoms. The number of hydrogen-bond donors (Lipinski definition) is 3. The lowest BCUT2D eigenvalue weighted by Crippen LogP contribution is -2.40. The van der Waals surface area contributed by atoms with Crippen LogP contribution in [-0.2, 0) is 4.79 Å². The molecule has 0 spiro atoms. The number of aliphatic imine (C=N–C) groups is 1. The van der Waals surface area contributed by atoms with E-state index in [2.05, 4.69) is 20.9 Å². The summed E-state index contributed by atoms with van der Waals surface area (Å²) in [7, 11) is 0. The van der Waals surface area contributed by atoms with E-state index in [-0.39, 0.29) is 18.4 Å². The number of rotatable bonds is 8. The minimum atomic E-state index is -0.0672. The average molecular weight is 359 g/mol. The normalized spacial score (nSPS) is 14.2. The van der Waals surface area contributed by atoms with Crippen LogP contribution in [0.15, 0.2) is 35.3 Å². The third-order valence-corrected chi connectivity index (χ3v) is 4.14. The summed E-state index contributed by atoms with van der Waals surface area (Å²) in [6, 6.07) is 9.16. The van der Waals surface area contributed by atoms with Crippen molar-refractivity contribution in [3.63, 3.8) is 0 Å². The molecule has 1 aromatic rings. The molecule has 7 nitrogen and oxygen atoms in total. The number of guanidine groups is 1. The van der Waals surface area contributed by atoms with Crippen molar-refractivity contribution in [3.8, 4) is 0 Å². The quantitative estimate of drug-likeness (QED) is 0.367. The molecule has 142 valence electrons. The van der Waals surface area contributed by atoms with Gasteiger partial charge in [0.25, 0.3) is 5.91 Å². The number of carbonyl (C=O) groups excluding carboxylic acids is 2. The van der Waals surface area contributed by atoms with Crippen LogP contribution in [0.5, 0.6) is 0 Å². The molecule has 0 saturated carbocycles. The molecule has 3 N–H and O–H groups in total. The van der Waals surface area contributed by atoms with Crippen molar-refractivity contribution in [2.45, 2.75) is 26.2 Å². The fraction of sp³-hybridized carbons (Fsp3) is 0.526. The van der Waals surface area contributed by atoms with E-state index < -0.39 is 0 Å².